The van der Waals surface area contributed by atoms with Crippen molar-refractivity contribution in [3.05, 3.63) is 11.7 Å². The summed E-state index contributed by atoms with van der Waals surface area (Å²) in [5, 5.41) is 16.3. The van der Waals surface area contributed by atoms with Gasteiger partial charge in [-0.1, -0.05) is 30.8 Å². The van der Waals surface area contributed by atoms with Crippen LogP contribution in [0.15, 0.2) is 9.68 Å². The number of hydrogen-bond donors (Lipinski definition) is 0. The van der Waals surface area contributed by atoms with E-state index in [1.165, 1.54) is 11.8 Å². The van der Waals surface area contributed by atoms with Crippen LogP contribution in [0.1, 0.15) is 45.5 Å². The molecular formula is C11H18N6OS. The molecule has 2 aromatic rings. The number of hydrogen-bond acceptors (Lipinski definition) is 7. The van der Waals surface area contributed by atoms with E-state index in [0.29, 0.717) is 17.6 Å². The van der Waals surface area contributed by atoms with Gasteiger partial charge in [0, 0.05) is 6.42 Å². The lowest BCUT2D eigenvalue weighted by molar-refractivity contribution is 0.382. The zero-order valence-corrected chi connectivity index (χ0v) is 12.4. The summed E-state index contributed by atoms with van der Waals surface area (Å²) in [4.78, 5) is 4.35. The third kappa shape index (κ3) is 3.76. The molecule has 0 saturated carbocycles. The monoisotopic (exact) mass is 282 g/mol. The van der Waals surface area contributed by atoms with Crippen molar-refractivity contribution >= 4 is 11.8 Å². The van der Waals surface area contributed by atoms with Gasteiger partial charge in [-0.05, 0) is 30.2 Å². The molecule has 0 N–H and O–H groups in total. The van der Waals surface area contributed by atoms with E-state index in [4.69, 9.17) is 4.52 Å². The number of aromatic nitrogens is 6. The van der Waals surface area contributed by atoms with Crippen LogP contribution >= 0.6 is 11.8 Å². The average Bonchev–Trinajstić information content (AvgIpc) is 2.93. The Morgan fingerprint density at radius 2 is 2.05 bits per heavy atom. The van der Waals surface area contributed by atoms with Crippen molar-refractivity contribution in [1.29, 1.82) is 0 Å². The highest BCUT2D eigenvalue weighted by Crippen LogP contribution is 2.21. The van der Waals surface area contributed by atoms with Crippen LogP contribution in [0.3, 0.4) is 0 Å². The maximum Gasteiger partial charge on any atom is 0.237 e. The van der Waals surface area contributed by atoms with Crippen molar-refractivity contribution < 1.29 is 4.52 Å². The summed E-state index contributed by atoms with van der Waals surface area (Å²) in [6.45, 7) is 8.32. The molecule has 0 aliphatic rings. The van der Waals surface area contributed by atoms with Gasteiger partial charge in [-0.15, -0.1) is 5.10 Å². The maximum absolute atomic E-state index is 5.20. The summed E-state index contributed by atoms with van der Waals surface area (Å²) in [7, 11) is 0. The summed E-state index contributed by atoms with van der Waals surface area (Å²) in [5.74, 6) is 2.47. The van der Waals surface area contributed by atoms with Gasteiger partial charge >= 0.3 is 0 Å². The van der Waals surface area contributed by atoms with Gasteiger partial charge in [-0.25, -0.2) is 4.68 Å². The summed E-state index contributed by atoms with van der Waals surface area (Å²) in [6.07, 6.45) is 0.831. The van der Waals surface area contributed by atoms with Gasteiger partial charge in [-0.3, -0.25) is 0 Å². The topological polar surface area (TPSA) is 82.5 Å². The lowest BCUT2D eigenvalue weighted by atomic mass is 10.1. The second-order valence-corrected chi connectivity index (χ2v) is 5.93. The van der Waals surface area contributed by atoms with Crippen molar-refractivity contribution in [2.75, 3.05) is 0 Å². The Labute approximate surface area is 116 Å². The van der Waals surface area contributed by atoms with Crippen LogP contribution in [0.25, 0.3) is 0 Å². The lowest BCUT2D eigenvalue weighted by Gasteiger charge is -2.05. The molecule has 19 heavy (non-hydrogen) atoms. The quantitative estimate of drug-likeness (QED) is 0.750. The summed E-state index contributed by atoms with van der Waals surface area (Å²) in [6, 6.07) is 0.233. The van der Waals surface area contributed by atoms with Gasteiger partial charge in [0.15, 0.2) is 5.82 Å². The van der Waals surface area contributed by atoms with Crippen LogP contribution in [-0.2, 0) is 12.2 Å². The molecule has 8 heteroatoms. The van der Waals surface area contributed by atoms with Gasteiger partial charge in [-0.2, -0.15) is 4.98 Å². The van der Waals surface area contributed by atoms with Crippen LogP contribution in [0.5, 0.6) is 0 Å². The first-order valence-electron chi connectivity index (χ1n) is 6.28. The minimum absolute atomic E-state index is 0.233. The standard InChI is InChI=1S/C11H18N6OS/c1-7(2)5-9-12-10(18-14-9)6-19-11-13-15-16-17(11)8(3)4/h7-8H,5-6H2,1-4H3. The predicted molar refractivity (Wildman–Crippen MR) is 70.6 cm³/mol. The predicted octanol–water partition coefficient (Wildman–Crippen LogP) is 2.13. The average molecular weight is 282 g/mol. The molecule has 0 fully saturated rings. The summed E-state index contributed by atoms with van der Waals surface area (Å²) in [5.41, 5.74) is 0. The highest BCUT2D eigenvalue weighted by atomic mass is 32.2. The second kappa shape index (κ2) is 6.14. The van der Waals surface area contributed by atoms with Crippen molar-refractivity contribution in [3.8, 4) is 0 Å². The van der Waals surface area contributed by atoms with E-state index >= 15 is 0 Å². The highest BCUT2D eigenvalue weighted by molar-refractivity contribution is 7.98. The third-order valence-electron chi connectivity index (χ3n) is 2.38. The van der Waals surface area contributed by atoms with Gasteiger partial charge in [0.2, 0.25) is 11.0 Å². The van der Waals surface area contributed by atoms with E-state index in [9.17, 15) is 0 Å². The molecule has 7 nitrogen and oxygen atoms in total. The zero-order chi connectivity index (χ0) is 13.8. The minimum Gasteiger partial charge on any atom is -0.338 e. The van der Waals surface area contributed by atoms with Gasteiger partial charge in [0.25, 0.3) is 0 Å². The molecule has 0 atom stereocenters. The molecule has 2 heterocycles. The number of nitrogens with zero attached hydrogens (tertiary/aromatic N) is 6. The minimum atomic E-state index is 0.233. The molecule has 0 aliphatic carbocycles. The second-order valence-electron chi connectivity index (χ2n) is 4.99. The molecule has 0 radical (unpaired) electrons. The van der Waals surface area contributed by atoms with Crippen LogP contribution in [-0.4, -0.2) is 30.3 Å². The first-order chi connectivity index (χ1) is 9.06. The van der Waals surface area contributed by atoms with E-state index in [0.717, 1.165) is 17.4 Å². The molecule has 104 valence electrons. The number of tetrazole rings is 1. The first-order valence-corrected chi connectivity index (χ1v) is 7.27. The molecule has 2 rings (SSSR count). The molecular weight excluding hydrogens is 264 g/mol. The molecule has 0 saturated heterocycles. The Balaban J connectivity index is 1.95. The molecule has 0 spiro atoms. The largest absolute Gasteiger partial charge is 0.338 e. The van der Waals surface area contributed by atoms with E-state index in [1.807, 2.05) is 13.8 Å². The molecule has 0 aliphatic heterocycles. The fourth-order valence-electron chi connectivity index (χ4n) is 1.53. The smallest absolute Gasteiger partial charge is 0.237 e. The fraction of sp³-hybridized carbons (Fsp3) is 0.727. The molecule has 0 amide bonds. The van der Waals surface area contributed by atoms with Crippen molar-refractivity contribution in [3.63, 3.8) is 0 Å². The fourth-order valence-corrected chi connectivity index (χ4v) is 2.37. The van der Waals surface area contributed by atoms with Crippen molar-refractivity contribution in [2.45, 2.75) is 51.1 Å². The Morgan fingerprint density at radius 3 is 2.74 bits per heavy atom. The first kappa shape index (κ1) is 14.0. The van der Waals surface area contributed by atoms with Crippen molar-refractivity contribution in [2.24, 2.45) is 5.92 Å². The normalized spacial score (nSPS) is 11.7. The Morgan fingerprint density at radius 1 is 1.26 bits per heavy atom. The highest BCUT2D eigenvalue weighted by Gasteiger charge is 2.13. The molecule has 2 aromatic heterocycles. The third-order valence-corrected chi connectivity index (χ3v) is 3.30. The van der Waals surface area contributed by atoms with Crippen LogP contribution in [0, 0.1) is 5.92 Å². The molecule has 0 aromatic carbocycles. The van der Waals surface area contributed by atoms with Crippen molar-refractivity contribution in [1.82, 2.24) is 30.3 Å². The van der Waals surface area contributed by atoms with E-state index in [2.05, 4.69) is 39.5 Å². The van der Waals surface area contributed by atoms with E-state index < -0.39 is 0 Å². The summed E-state index contributed by atoms with van der Waals surface area (Å²) < 4.78 is 6.98. The van der Waals surface area contributed by atoms with E-state index in [1.54, 1.807) is 4.68 Å². The number of rotatable bonds is 6. The van der Waals surface area contributed by atoms with Crippen LogP contribution in [0.2, 0.25) is 0 Å². The molecule has 0 unspecified atom stereocenters. The van der Waals surface area contributed by atoms with Gasteiger partial charge in [0.05, 0.1) is 11.8 Å². The van der Waals surface area contributed by atoms with Gasteiger partial charge in [0.1, 0.15) is 0 Å². The van der Waals surface area contributed by atoms with Crippen LogP contribution in [0.4, 0.5) is 0 Å². The van der Waals surface area contributed by atoms with E-state index in [-0.39, 0.29) is 6.04 Å². The van der Waals surface area contributed by atoms with Crippen LogP contribution < -0.4 is 0 Å². The maximum atomic E-state index is 5.20. The summed E-state index contributed by atoms with van der Waals surface area (Å²) >= 11 is 1.50. The van der Waals surface area contributed by atoms with Gasteiger partial charge < -0.3 is 4.52 Å². The zero-order valence-electron chi connectivity index (χ0n) is 11.6. The Hall–Kier alpha value is -1.44. The number of thioether (sulfide) groups is 1. The lowest BCUT2D eigenvalue weighted by Crippen LogP contribution is -2.04. The molecule has 0 bridgehead atoms. The Bertz CT molecular complexity index is 521. The SMILES string of the molecule is CC(C)Cc1noc(CSc2nnnn2C(C)C)n1. The Kier molecular flexibility index (Phi) is 4.52.